The maximum atomic E-state index is 12.9. The van der Waals surface area contributed by atoms with Gasteiger partial charge in [0.25, 0.3) is 0 Å². The van der Waals surface area contributed by atoms with Crippen molar-refractivity contribution in [1.82, 2.24) is 4.90 Å². The number of ether oxygens (including phenoxy) is 1. The van der Waals surface area contributed by atoms with Gasteiger partial charge in [0.15, 0.2) is 0 Å². The molecule has 5 heteroatoms. The molecule has 1 saturated heterocycles. The van der Waals surface area contributed by atoms with Crippen molar-refractivity contribution in [2.75, 3.05) is 13.2 Å². The number of aliphatic hydroxyl groups is 1. The van der Waals surface area contributed by atoms with Crippen LogP contribution in [0.1, 0.15) is 43.9 Å². The molecule has 4 nitrogen and oxygen atoms in total. The van der Waals surface area contributed by atoms with Gasteiger partial charge in [-0.15, -0.1) is 11.8 Å². The molecule has 178 valence electrons. The lowest BCUT2D eigenvalue weighted by atomic mass is 9.84. The van der Waals surface area contributed by atoms with E-state index in [1.54, 1.807) is 4.90 Å². The molecule has 0 radical (unpaired) electrons. The Morgan fingerprint density at radius 3 is 1.71 bits per heavy atom. The molecule has 3 aromatic rings. The normalized spacial score (nSPS) is 18.6. The molecule has 0 aromatic heterocycles. The Balaban J connectivity index is 1.76. The molecule has 1 aliphatic rings. The maximum Gasteiger partial charge on any atom is 0.410 e. The Morgan fingerprint density at radius 1 is 0.882 bits per heavy atom. The minimum Gasteiger partial charge on any atom is -0.444 e. The van der Waals surface area contributed by atoms with Crippen LogP contribution in [0.4, 0.5) is 4.79 Å². The van der Waals surface area contributed by atoms with Crippen molar-refractivity contribution in [3.63, 3.8) is 0 Å². The van der Waals surface area contributed by atoms with Crippen molar-refractivity contribution in [1.29, 1.82) is 0 Å². The van der Waals surface area contributed by atoms with Crippen molar-refractivity contribution >= 4 is 17.9 Å². The van der Waals surface area contributed by atoms with E-state index in [4.69, 9.17) is 4.74 Å². The summed E-state index contributed by atoms with van der Waals surface area (Å²) >= 11 is 1.86. The molecule has 0 spiro atoms. The number of amides is 1. The maximum absolute atomic E-state index is 12.9. The number of benzene rings is 3. The Labute approximate surface area is 207 Å². The fraction of sp³-hybridized carbons (Fsp3) is 0.345. The molecule has 1 fully saturated rings. The van der Waals surface area contributed by atoms with Gasteiger partial charge < -0.3 is 14.7 Å². The van der Waals surface area contributed by atoms with Gasteiger partial charge in [0.05, 0.1) is 17.4 Å². The van der Waals surface area contributed by atoms with Crippen LogP contribution in [-0.4, -0.2) is 46.1 Å². The van der Waals surface area contributed by atoms with E-state index >= 15 is 0 Å². The van der Waals surface area contributed by atoms with Gasteiger partial charge in [-0.3, -0.25) is 0 Å². The quantitative estimate of drug-likeness (QED) is 0.439. The highest BCUT2D eigenvalue weighted by Gasteiger charge is 2.44. The number of rotatable bonds is 6. The topological polar surface area (TPSA) is 49.8 Å². The zero-order valence-corrected chi connectivity index (χ0v) is 20.9. The van der Waals surface area contributed by atoms with E-state index in [9.17, 15) is 9.90 Å². The van der Waals surface area contributed by atoms with Crippen LogP contribution in [0.15, 0.2) is 91.0 Å². The number of likely N-dealkylation sites (tertiary alicyclic amines) is 1. The highest BCUT2D eigenvalue weighted by Crippen LogP contribution is 2.52. The van der Waals surface area contributed by atoms with Gasteiger partial charge >= 0.3 is 6.09 Å². The Hall–Kier alpha value is -2.76. The molecule has 0 aliphatic carbocycles. The summed E-state index contributed by atoms with van der Waals surface area (Å²) in [6.07, 6.45) is 0.341. The third-order valence-electron chi connectivity index (χ3n) is 6.10. The van der Waals surface area contributed by atoms with Crippen molar-refractivity contribution in [2.45, 2.75) is 48.8 Å². The molecule has 34 heavy (non-hydrogen) atoms. The predicted molar refractivity (Wildman–Crippen MR) is 139 cm³/mol. The number of carbonyl (C=O) groups is 1. The molecule has 2 atom stereocenters. The van der Waals surface area contributed by atoms with E-state index in [1.807, 2.05) is 50.7 Å². The second kappa shape index (κ2) is 10.2. The smallest absolute Gasteiger partial charge is 0.410 e. The van der Waals surface area contributed by atoms with Crippen LogP contribution in [-0.2, 0) is 9.48 Å². The Bertz CT molecular complexity index is 970. The second-order valence-electron chi connectivity index (χ2n) is 9.72. The number of carbonyl (C=O) groups excluding carboxylic acids is 1. The minimum absolute atomic E-state index is 0.0781. The summed E-state index contributed by atoms with van der Waals surface area (Å²) in [7, 11) is 0. The summed E-state index contributed by atoms with van der Waals surface area (Å²) in [6, 6.07) is 31.4. The zero-order chi connectivity index (χ0) is 24.2. The molecule has 2 unspecified atom stereocenters. The van der Waals surface area contributed by atoms with E-state index in [2.05, 4.69) is 72.8 Å². The standard InChI is InChI=1S/C29H33NO3S/c1-28(2,3)33-27(32)30-20-26(19-25(30)21-31)34-29(22-13-7-4-8-14-22,23-15-9-5-10-16-23)24-17-11-6-12-18-24/h4-18,25-26,31H,19-21H2,1-3H3. The van der Waals surface area contributed by atoms with Crippen LogP contribution in [0.25, 0.3) is 0 Å². The Kier molecular flexibility index (Phi) is 7.34. The van der Waals surface area contributed by atoms with Gasteiger partial charge in [-0.2, -0.15) is 0 Å². The lowest BCUT2D eigenvalue weighted by molar-refractivity contribution is 0.0176. The summed E-state index contributed by atoms with van der Waals surface area (Å²) < 4.78 is 5.19. The van der Waals surface area contributed by atoms with Crippen molar-refractivity contribution in [2.24, 2.45) is 0 Å². The lowest BCUT2D eigenvalue weighted by Gasteiger charge is -2.37. The highest BCUT2D eigenvalue weighted by atomic mass is 32.2. The Morgan fingerprint density at radius 2 is 1.32 bits per heavy atom. The monoisotopic (exact) mass is 475 g/mol. The molecule has 1 N–H and O–H groups in total. The van der Waals surface area contributed by atoms with E-state index in [-0.39, 0.29) is 24.0 Å². The van der Waals surface area contributed by atoms with Gasteiger partial charge in [0.2, 0.25) is 0 Å². The molecule has 0 bridgehead atoms. The molecule has 0 saturated carbocycles. The fourth-order valence-electron chi connectivity index (χ4n) is 4.65. The van der Waals surface area contributed by atoms with Crippen LogP contribution in [0.5, 0.6) is 0 Å². The highest BCUT2D eigenvalue weighted by molar-refractivity contribution is 8.01. The lowest BCUT2D eigenvalue weighted by Crippen LogP contribution is -2.41. The number of thioether (sulfide) groups is 1. The van der Waals surface area contributed by atoms with Crippen LogP contribution in [0, 0.1) is 0 Å². The van der Waals surface area contributed by atoms with Gasteiger partial charge in [-0.05, 0) is 43.9 Å². The third-order valence-corrected chi connectivity index (χ3v) is 7.83. The average Bonchev–Trinajstić information content (AvgIpc) is 3.26. The van der Waals surface area contributed by atoms with Crippen molar-refractivity contribution in [3.8, 4) is 0 Å². The minimum atomic E-state index is -0.579. The van der Waals surface area contributed by atoms with Gasteiger partial charge in [-0.1, -0.05) is 91.0 Å². The summed E-state index contributed by atoms with van der Waals surface area (Å²) in [5.41, 5.74) is 2.99. The van der Waals surface area contributed by atoms with Gasteiger partial charge in [0.1, 0.15) is 5.60 Å². The largest absolute Gasteiger partial charge is 0.444 e. The third kappa shape index (κ3) is 5.16. The van der Waals surface area contributed by atoms with Gasteiger partial charge in [-0.25, -0.2) is 4.79 Å². The molecule has 1 aliphatic heterocycles. The van der Waals surface area contributed by atoms with Crippen LogP contribution >= 0.6 is 11.8 Å². The van der Waals surface area contributed by atoms with Crippen molar-refractivity contribution < 1.29 is 14.6 Å². The molecular weight excluding hydrogens is 442 g/mol. The molecule has 1 heterocycles. The first-order chi connectivity index (χ1) is 16.3. The summed E-state index contributed by atoms with van der Waals surface area (Å²) in [5, 5.41) is 10.2. The second-order valence-corrected chi connectivity index (χ2v) is 11.2. The van der Waals surface area contributed by atoms with Gasteiger partial charge in [0, 0.05) is 11.8 Å². The average molecular weight is 476 g/mol. The SMILES string of the molecule is CC(C)(C)OC(=O)N1CC(SC(c2ccccc2)(c2ccccc2)c2ccccc2)CC1CO. The number of aliphatic hydroxyl groups excluding tert-OH is 1. The molecule has 4 rings (SSSR count). The van der Waals surface area contributed by atoms with Crippen LogP contribution in [0.2, 0.25) is 0 Å². The summed E-state index contributed by atoms with van der Waals surface area (Å²) in [4.78, 5) is 14.6. The molecular formula is C29H33NO3S. The number of hydrogen-bond donors (Lipinski definition) is 1. The molecule has 1 amide bonds. The van der Waals surface area contributed by atoms with Crippen LogP contribution < -0.4 is 0 Å². The first kappa shape index (κ1) is 24.4. The van der Waals surface area contributed by atoms with Crippen molar-refractivity contribution in [3.05, 3.63) is 108 Å². The fourth-order valence-corrected chi connectivity index (χ4v) is 6.52. The summed E-state index contributed by atoms with van der Waals surface area (Å²) in [5.74, 6) is 0. The number of hydrogen-bond acceptors (Lipinski definition) is 4. The predicted octanol–water partition coefficient (Wildman–Crippen LogP) is 6.08. The molecule has 3 aromatic carbocycles. The van der Waals surface area contributed by atoms with E-state index < -0.39 is 10.3 Å². The summed E-state index contributed by atoms with van der Waals surface area (Å²) in [6.45, 7) is 6.05. The van der Waals surface area contributed by atoms with Crippen LogP contribution in [0.3, 0.4) is 0 Å². The van der Waals surface area contributed by atoms with E-state index in [0.29, 0.717) is 13.0 Å². The zero-order valence-electron chi connectivity index (χ0n) is 20.1. The van der Waals surface area contributed by atoms with E-state index in [0.717, 1.165) is 0 Å². The first-order valence-electron chi connectivity index (χ1n) is 11.8. The van der Waals surface area contributed by atoms with E-state index in [1.165, 1.54) is 16.7 Å². The number of nitrogens with zero attached hydrogens (tertiary/aromatic N) is 1. The first-order valence-corrected chi connectivity index (χ1v) is 12.7.